The number of urea groups is 1. The van der Waals surface area contributed by atoms with E-state index in [1.165, 1.54) is 12.8 Å². The molecule has 8 heteroatoms. The molecular formula is C19H26N4O4. The molecule has 0 spiro atoms. The van der Waals surface area contributed by atoms with E-state index in [9.17, 15) is 14.4 Å². The highest BCUT2D eigenvalue weighted by Gasteiger charge is 2.37. The number of carboxylic acids is 1. The predicted octanol–water partition coefficient (Wildman–Crippen LogP) is 0.912. The average molecular weight is 374 g/mol. The van der Waals surface area contributed by atoms with Gasteiger partial charge in [0, 0.05) is 30.7 Å². The van der Waals surface area contributed by atoms with Crippen molar-refractivity contribution >= 4 is 17.9 Å². The van der Waals surface area contributed by atoms with E-state index in [-0.39, 0.29) is 24.5 Å². The summed E-state index contributed by atoms with van der Waals surface area (Å²) in [6.07, 6.45) is 3.95. The maximum absolute atomic E-state index is 12.4. The number of rotatable bonds is 9. The van der Waals surface area contributed by atoms with E-state index in [1.807, 2.05) is 4.90 Å². The van der Waals surface area contributed by atoms with Crippen LogP contribution in [0.3, 0.4) is 0 Å². The Labute approximate surface area is 158 Å². The van der Waals surface area contributed by atoms with Crippen molar-refractivity contribution in [1.29, 1.82) is 0 Å². The van der Waals surface area contributed by atoms with Crippen LogP contribution in [0.4, 0.5) is 4.79 Å². The molecule has 2 aliphatic carbocycles. The lowest BCUT2D eigenvalue weighted by molar-refractivity contribution is -0.139. The Bertz CT molecular complexity index is 696. The summed E-state index contributed by atoms with van der Waals surface area (Å²) in [6, 6.07) is 6.70. The summed E-state index contributed by atoms with van der Waals surface area (Å²) in [7, 11) is 0. The highest BCUT2D eigenvalue weighted by molar-refractivity contribution is 5.94. The number of nitrogens with two attached hydrogens (primary N) is 1. The standard InChI is InChI=1S/C19H26N4O4/c20-19(27)21-9-12-3-5-14(6-4-12)18(26)22-15-7-16(8-15)23(11-17(24)25)10-13-1-2-13/h3-6,13,15-16H,1-2,7-11H2,(H,22,26)(H,24,25)(H3,20,21,27). The van der Waals surface area contributed by atoms with Gasteiger partial charge in [-0.15, -0.1) is 0 Å². The Balaban J connectivity index is 1.45. The summed E-state index contributed by atoms with van der Waals surface area (Å²) in [4.78, 5) is 36.2. The smallest absolute Gasteiger partial charge is 0.317 e. The molecule has 0 atom stereocenters. The number of carbonyl (C=O) groups excluding carboxylic acids is 2. The highest BCUT2D eigenvalue weighted by atomic mass is 16.4. The van der Waals surface area contributed by atoms with Crippen LogP contribution in [-0.2, 0) is 11.3 Å². The topological polar surface area (TPSA) is 125 Å². The van der Waals surface area contributed by atoms with Crippen LogP contribution in [0.15, 0.2) is 24.3 Å². The number of benzene rings is 1. The first-order valence-corrected chi connectivity index (χ1v) is 9.29. The minimum Gasteiger partial charge on any atom is -0.480 e. The summed E-state index contributed by atoms with van der Waals surface area (Å²) in [5.41, 5.74) is 6.45. The molecule has 1 aromatic carbocycles. The van der Waals surface area contributed by atoms with Crippen molar-refractivity contribution in [3.8, 4) is 0 Å². The Morgan fingerprint density at radius 1 is 1.15 bits per heavy atom. The number of nitrogens with one attached hydrogen (secondary N) is 2. The van der Waals surface area contributed by atoms with E-state index in [4.69, 9.17) is 10.8 Å². The summed E-state index contributed by atoms with van der Waals surface area (Å²) < 4.78 is 0. The van der Waals surface area contributed by atoms with Gasteiger partial charge in [0.05, 0.1) is 6.54 Å². The summed E-state index contributed by atoms with van der Waals surface area (Å²) in [5.74, 6) is -0.297. The minimum atomic E-state index is -0.797. The molecule has 0 bridgehead atoms. The van der Waals surface area contributed by atoms with Gasteiger partial charge in [-0.2, -0.15) is 0 Å². The lowest BCUT2D eigenvalue weighted by Gasteiger charge is -2.42. The third kappa shape index (κ3) is 5.68. The van der Waals surface area contributed by atoms with Gasteiger partial charge in [0.2, 0.25) is 0 Å². The molecule has 2 saturated carbocycles. The molecule has 3 rings (SSSR count). The van der Waals surface area contributed by atoms with Crippen molar-refractivity contribution in [3.63, 3.8) is 0 Å². The number of hydrogen-bond donors (Lipinski definition) is 4. The second-order valence-corrected chi connectivity index (χ2v) is 7.48. The molecule has 3 amide bonds. The van der Waals surface area contributed by atoms with E-state index >= 15 is 0 Å². The van der Waals surface area contributed by atoms with Crippen molar-refractivity contribution in [2.45, 2.75) is 44.3 Å². The summed E-state index contributed by atoms with van der Waals surface area (Å²) in [5, 5.41) is 14.6. The maximum Gasteiger partial charge on any atom is 0.317 e. The zero-order valence-corrected chi connectivity index (χ0v) is 15.2. The molecule has 2 fully saturated rings. The van der Waals surface area contributed by atoms with Gasteiger partial charge in [-0.1, -0.05) is 12.1 Å². The first-order valence-electron chi connectivity index (χ1n) is 9.29. The zero-order valence-electron chi connectivity index (χ0n) is 15.2. The zero-order chi connectivity index (χ0) is 19.4. The van der Waals surface area contributed by atoms with Crippen LogP contribution in [-0.4, -0.2) is 53.1 Å². The van der Waals surface area contributed by atoms with Crippen molar-refractivity contribution in [3.05, 3.63) is 35.4 Å². The molecule has 0 aliphatic heterocycles. The first-order chi connectivity index (χ1) is 12.9. The van der Waals surface area contributed by atoms with Crippen molar-refractivity contribution in [1.82, 2.24) is 15.5 Å². The van der Waals surface area contributed by atoms with E-state index < -0.39 is 12.0 Å². The van der Waals surface area contributed by atoms with Gasteiger partial charge < -0.3 is 21.5 Å². The van der Waals surface area contributed by atoms with Crippen LogP contribution in [0.2, 0.25) is 0 Å². The molecule has 0 saturated heterocycles. The van der Waals surface area contributed by atoms with Gasteiger partial charge >= 0.3 is 12.0 Å². The Morgan fingerprint density at radius 2 is 1.81 bits per heavy atom. The molecular weight excluding hydrogens is 348 g/mol. The quantitative estimate of drug-likeness (QED) is 0.511. The highest BCUT2D eigenvalue weighted by Crippen LogP contribution is 2.33. The number of nitrogens with zero attached hydrogens (tertiary/aromatic N) is 1. The third-order valence-corrected chi connectivity index (χ3v) is 5.18. The SMILES string of the molecule is NC(=O)NCc1ccc(C(=O)NC2CC(N(CC(=O)O)CC3CC3)C2)cc1. The third-order valence-electron chi connectivity index (χ3n) is 5.18. The first kappa shape index (κ1) is 19.2. The van der Waals surface area contributed by atoms with Gasteiger partial charge in [-0.05, 0) is 49.3 Å². The number of carbonyl (C=O) groups is 3. The Hall–Kier alpha value is -2.61. The Morgan fingerprint density at radius 3 is 2.37 bits per heavy atom. The predicted molar refractivity (Wildman–Crippen MR) is 99.1 cm³/mol. The number of aliphatic carboxylic acids is 1. The van der Waals surface area contributed by atoms with Crippen LogP contribution >= 0.6 is 0 Å². The molecule has 0 unspecified atom stereocenters. The number of carboxylic acid groups (broad SMARTS) is 1. The average Bonchev–Trinajstić information content (AvgIpc) is 3.39. The monoisotopic (exact) mass is 374 g/mol. The fourth-order valence-electron chi connectivity index (χ4n) is 3.38. The fraction of sp³-hybridized carbons (Fsp3) is 0.526. The number of amides is 3. The molecule has 0 radical (unpaired) electrons. The molecule has 1 aromatic rings. The van der Waals surface area contributed by atoms with Crippen LogP contribution in [0.1, 0.15) is 41.6 Å². The lowest BCUT2D eigenvalue weighted by Crippen LogP contribution is -2.55. The van der Waals surface area contributed by atoms with Crippen molar-refractivity contribution < 1.29 is 19.5 Å². The molecule has 5 N–H and O–H groups in total. The van der Waals surface area contributed by atoms with E-state index in [2.05, 4.69) is 10.6 Å². The van der Waals surface area contributed by atoms with Crippen LogP contribution in [0, 0.1) is 5.92 Å². The van der Waals surface area contributed by atoms with E-state index in [1.54, 1.807) is 24.3 Å². The van der Waals surface area contributed by atoms with E-state index in [0.29, 0.717) is 18.0 Å². The number of hydrogen-bond acceptors (Lipinski definition) is 4. The van der Waals surface area contributed by atoms with Gasteiger partial charge in [0.1, 0.15) is 0 Å². The van der Waals surface area contributed by atoms with E-state index in [0.717, 1.165) is 24.9 Å². The Kier molecular flexibility index (Phi) is 5.95. The molecule has 146 valence electrons. The van der Waals surface area contributed by atoms with Crippen LogP contribution in [0.5, 0.6) is 0 Å². The van der Waals surface area contributed by atoms with Gasteiger partial charge in [-0.25, -0.2) is 4.79 Å². The number of primary amides is 1. The largest absolute Gasteiger partial charge is 0.480 e. The molecule has 0 aromatic heterocycles. The van der Waals surface area contributed by atoms with Gasteiger partial charge in [-0.3, -0.25) is 14.5 Å². The fourth-order valence-corrected chi connectivity index (χ4v) is 3.38. The van der Waals surface area contributed by atoms with Crippen LogP contribution in [0.25, 0.3) is 0 Å². The molecule has 8 nitrogen and oxygen atoms in total. The normalized spacial score (nSPS) is 21.4. The summed E-state index contributed by atoms with van der Waals surface area (Å²) >= 11 is 0. The van der Waals surface area contributed by atoms with Crippen molar-refractivity contribution in [2.24, 2.45) is 11.7 Å². The molecule has 0 heterocycles. The molecule has 2 aliphatic rings. The van der Waals surface area contributed by atoms with Crippen molar-refractivity contribution in [2.75, 3.05) is 13.1 Å². The lowest BCUT2D eigenvalue weighted by atomic mass is 9.85. The van der Waals surface area contributed by atoms with Crippen LogP contribution < -0.4 is 16.4 Å². The second kappa shape index (κ2) is 8.39. The molecule has 27 heavy (non-hydrogen) atoms. The van der Waals surface area contributed by atoms with Gasteiger partial charge in [0.15, 0.2) is 0 Å². The second-order valence-electron chi connectivity index (χ2n) is 7.48. The van der Waals surface area contributed by atoms with Gasteiger partial charge in [0.25, 0.3) is 5.91 Å². The minimum absolute atomic E-state index is 0.0721. The maximum atomic E-state index is 12.4. The summed E-state index contributed by atoms with van der Waals surface area (Å²) in [6.45, 7) is 1.24.